The van der Waals surface area contributed by atoms with Crippen LogP contribution in [0.25, 0.3) is 0 Å². The Morgan fingerprint density at radius 1 is 1.41 bits per heavy atom. The van der Waals surface area contributed by atoms with Crippen LogP contribution in [-0.2, 0) is 16.0 Å². The Kier molecular flexibility index (Phi) is 5.19. The van der Waals surface area contributed by atoms with E-state index in [1.54, 1.807) is 11.8 Å². The highest BCUT2D eigenvalue weighted by molar-refractivity contribution is 5.76. The molecule has 2 fully saturated rings. The van der Waals surface area contributed by atoms with Gasteiger partial charge in [-0.25, -0.2) is 0 Å². The van der Waals surface area contributed by atoms with E-state index in [4.69, 9.17) is 9.15 Å². The Morgan fingerprint density at radius 2 is 2.26 bits per heavy atom. The maximum absolute atomic E-state index is 12.6. The number of furan rings is 1. The van der Waals surface area contributed by atoms with Crippen molar-refractivity contribution in [2.24, 2.45) is 23.2 Å². The van der Waals surface area contributed by atoms with Gasteiger partial charge in [-0.15, -0.1) is 0 Å². The van der Waals surface area contributed by atoms with Crippen LogP contribution in [0.15, 0.2) is 34.5 Å². The largest absolute Gasteiger partial charge is 0.469 e. The molecule has 27 heavy (non-hydrogen) atoms. The van der Waals surface area contributed by atoms with Crippen molar-refractivity contribution in [3.05, 3.63) is 35.8 Å². The van der Waals surface area contributed by atoms with Crippen molar-refractivity contribution >= 4 is 5.97 Å². The molecule has 0 radical (unpaired) electrons. The van der Waals surface area contributed by atoms with Crippen molar-refractivity contribution < 1.29 is 13.9 Å². The lowest BCUT2D eigenvalue weighted by Gasteiger charge is -2.46. The molecule has 1 saturated carbocycles. The fourth-order valence-corrected chi connectivity index (χ4v) is 5.53. The number of rotatable bonds is 6. The molecule has 148 valence electrons. The number of esters is 1. The third-order valence-electron chi connectivity index (χ3n) is 7.17. The normalized spacial score (nSPS) is 36.6. The first-order valence-corrected chi connectivity index (χ1v) is 10.6. The van der Waals surface area contributed by atoms with Crippen LogP contribution >= 0.6 is 0 Å². The van der Waals surface area contributed by atoms with Gasteiger partial charge in [0.1, 0.15) is 11.9 Å². The van der Waals surface area contributed by atoms with Crippen LogP contribution in [-0.4, -0.2) is 24.7 Å². The highest BCUT2D eigenvalue weighted by Crippen LogP contribution is 2.53. The predicted octanol–water partition coefficient (Wildman–Crippen LogP) is 4.50. The summed E-state index contributed by atoms with van der Waals surface area (Å²) in [6.45, 7) is 7.61. The summed E-state index contributed by atoms with van der Waals surface area (Å²) in [6, 6.07) is 4.29. The van der Waals surface area contributed by atoms with Gasteiger partial charge in [-0.05, 0) is 56.1 Å². The molecule has 2 aliphatic carbocycles. The number of ether oxygens (including phenoxy) is 1. The number of hydrogen-bond donors (Lipinski definition) is 1. The van der Waals surface area contributed by atoms with Crippen molar-refractivity contribution in [1.82, 2.24) is 5.32 Å². The van der Waals surface area contributed by atoms with Crippen LogP contribution in [0.5, 0.6) is 0 Å². The zero-order valence-corrected chi connectivity index (χ0v) is 16.9. The van der Waals surface area contributed by atoms with Crippen LogP contribution in [0, 0.1) is 23.2 Å². The van der Waals surface area contributed by atoms with Gasteiger partial charge in [-0.3, -0.25) is 4.79 Å². The molecule has 4 rings (SSSR count). The van der Waals surface area contributed by atoms with Crippen LogP contribution in [0.4, 0.5) is 0 Å². The Morgan fingerprint density at radius 3 is 3.04 bits per heavy atom. The molecule has 0 spiro atoms. The molecule has 4 nitrogen and oxygen atoms in total. The minimum atomic E-state index is -0.0489. The van der Waals surface area contributed by atoms with Gasteiger partial charge in [0.05, 0.1) is 12.2 Å². The summed E-state index contributed by atoms with van der Waals surface area (Å²) in [5, 5.41) is 3.57. The van der Waals surface area contributed by atoms with E-state index in [1.807, 2.05) is 12.1 Å². The van der Waals surface area contributed by atoms with Gasteiger partial charge in [-0.1, -0.05) is 31.9 Å². The zero-order chi connectivity index (χ0) is 19.0. The molecule has 4 heteroatoms. The molecule has 1 aliphatic heterocycles. The summed E-state index contributed by atoms with van der Waals surface area (Å²) in [7, 11) is 0. The Hall–Kier alpha value is -1.55. The number of hydrogen-bond acceptors (Lipinski definition) is 4. The van der Waals surface area contributed by atoms with Crippen molar-refractivity contribution in [2.75, 3.05) is 6.54 Å². The average molecular weight is 372 g/mol. The third kappa shape index (κ3) is 3.73. The standard InChI is InChI=1S/C23H33NO3/c1-15-6-4-10-23(3)13-21-18(12-20(15)23)19(22(25)27-21)14-24-16(2)8-9-17-7-5-11-26-17/h5,7,11-12,15-16,18-19,21,24H,4,6,8-10,13-14H2,1-3H3/t15-,16+,18-,19+,21-,23-/m1/s1. The lowest BCUT2D eigenvalue weighted by atomic mass is 9.59. The minimum absolute atomic E-state index is 0.0116. The van der Waals surface area contributed by atoms with Gasteiger partial charge in [0, 0.05) is 24.9 Å². The van der Waals surface area contributed by atoms with Crippen molar-refractivity contribution in [2.45, 2.75) is 71.4 Å². The van der Waals surface area contributed by atoms with E-state index < -0.39 is 0 Å². The lowest BCUT2D eigenvalue weighted by Crippen LogP contribution is -2.41. The maximum atomic E-state index is 12.6. The molecule has 6 atom stereocenters. The van der Waals surface area contributed by atoms with Gasteiger partial charge in [0.25, 0.3) is 0 Å². The number of fused-ring (bicyclic) bond motifs is 2. The summed E-state index contributed by atoms with van der Waals surface area (Å²) in [4.78, 5) is 12.6. The number of aryl methyl sites for hydroxylation is 1. The van der Waals surface area contributed by atoms with E-state index in [2.05, 4.69) is 32.2 Å². The highest BCUT2D eigenvalue weighted by Gasteiger charge is 2.51. The highest BCUT2D eigenvalue weighted by atomic mass is 16.6. The molecule has 3 aliphatic rings. The number of carbonyl (C=O) groups is 1. The van der Waals surface area contributed by atoms with Crippen LogP contribution in [0.1, 0.15) is 58.6 Å². The van der Waals surface area contributed by atoms with Gasteiger partial charge >= 0.3 is 5.97 Å². The van der Waals surface area contributed by atoms with Gasteiger partial charge in [-0.2, -0.15) is 0 Å². The SMILES string of the molecule is C[C@@H]1CCC[C@]2(C)C[C@H]3OC(=O)[C@@H](CN[C@@H](C)CCc4ccco4)[C@H]3C=C12. The minimum Gasteiger partial charge on any atom is -0.469 e. The Labute approximate surface area is 162 Å². The Balaban J connectivity index is 1.39. The summed E-state index contributed by atoms with van der Waals surface area (Å²) in [5.41, 5.74) is 1.82. The predicted molar refractivity (Wildman–Crippen MR) is 105 cm³/mol. The molecular formula is C23H33NO3. The van der Waals surface area contributed by atoms with E-state index in [1.165, 1.54) is 19.3 Å². The second-order valence-electron chi connectivity index (χ2n) is 9.27. The van der Waals surface area contributed by atoms with E-state index in [0.29, 0.717) is 18.5 Å². The van der Waals surface area contributed by atoms with Crippen LogP contribution < -0.4 is 5.32 Å². The molecule has 1 aromatic rings. The molecule has 2 heterocycles. The van der Waals surface area contributed by atoms with Crippen molar-refractivity contribution in [3.63, 3.8) is 0 Å². The molecule has 1 N–H and O–H groups in total. The van der Waals surface area contributed by atoms with Gasteiger partial charge in [0.15, 0.2) is 0 Å². The molecule has 0 aromatic carbocycles. The molecule has 0 amide bonds. The lowest BCUT2D eigenvalue weighted by molar-refractivity contribution is -0.145. The zero-order valence-electron chi connectivity index (χ0n) is 16.9. The Bertz CT molecular complexity index is 694. The maximum Gasteiger partial charge on any atom is 0.311 e. The van der Waals surface area contributed by atoms with Gasteiger partial charge < -0.3 is 14.5 Å². The van der Waals surface area contributed by atoms with E-state index in [-0.39, 0.29) is 29.3 Å². The van der Waals surface area contributed by atoms with Crippen molar-refractivity contribution in [3.8, 4) is 0 Å². The molecule has 1 saturated heterocycles. The topological polar surface area (TPSA) is 51.5 Å². The monoisotopic (exact) mass is 371 g/mol. The molecule has 0 bridgehead atoms. The number of nitrogens with one attached hydrogen (secondary N) is 1. The molecular weight excluding hydrogens is 338 g/mol. The second-order valence-corrected chi connectivity index (χ2v) is 9.27. The summed E-state index contributed by atoms with van der Waals surface area (Å²) in [6.07, 6.45) is 10.9. The third-order valence-corrected chi connectivity index (χ3v) is 7.17. The van der Waals surface area contributed by atoms with Crippen molar-refractivity contribution in [1.29, 1.82) is 0 Å². The first kappa shape index (κ1) is 18.8. The first-order valence-electron chi connectivity index (χ1n) is 10.6. The number of carbonyl (C=O) groups excluding carboxylic acids is 1. The van der Waals surface area contributed by atoms with E-state index in [9.17, 15) is 4.79 Å². The molecule has 0 unspecified atom stereocenters. The number of allylic oxidation sites excluding steroid dienone is 1. The summed E-state index contributed by atoms with van der Waals surface area (Å²) < 4.78 is 11.2. The quantitative estimate of drug-likeness (QED) is 0.591. The first-order chi connectivity index (χ1) is 13.0. The van der Waals surface area contributed by atoms with Crippen LogP contribution in [0.2, 0.25) is 0 Å². The fourth-order valence-electron chi connectivity index (χ4n) is 5.53. The fraction of sp³-hybridized carbons (Fsp3) is 0.696. The van der Waals surface area contributed by atoms with E-state index >= 15 is 0 Å². The van der Waals surface area contributed by atoms with Crippen LogP contribution in [0.3, 0.4) is 0 Å². The second kappa shape index (κ2) is 7.46. The smallest absolute Gasteiger partial charge is 0.311 e. The summed E-state index contributed by atoms with van der Waals surface area (Å²) in [5.74, 6) is 1.84. The average Bonchev–Trinajstić information content (AvgIpc) is 3.23. The van der Waals surface area contributed by atoms with E-state index in [0.717, 1.165) is 25.0 Å². The summed E-state index contributed by atoms with van der Waals surface area (Å²) >= 11 is 0. The van der Waals surface area contributed by atoms with Gasteiger partial charge in [0.2, 0.25) is 0 Å². The molecule has 1 aromatic heterocycles.